The highest BCUT2D eigenvalue weighted by molar-refractivity contribution is 6.05. The minimum Gasteiger partial charge on any atom is -0.454 e. The van der Waals surface area contributed by atoms with Crippen LogP contribution in [0.1, 0.15) is 25.3 Å². The van der Waals surface area contributed by atoms with Crippen LogP contribution >= 0.6 is 0 Å². The fourth-order valence-corrected chi connectivity index (χ4v) is 4.10. The van der Waals surface area contributed by atoms with Crippen molar-refractivity contribution in [3.05, 3.63) is 42.5 Å². The van der Waals surface area contributed by atoms with Crippen molar-refractivity contribution in [2.75, 3.05) is 17.0 Å². The van der Waals surface area contributed by atoms with Crippen molar-refractivity contribution in [3.63, 3.8) is 0 Å². The topological polar surface area (TPSA) is 85.7 Å². The first-order chi connectivity index (χ1) is 14.2. The van der Waals surface area contributed by atoms with E-state index in [1.165, 1.54) is 0 Å². The van der Waals surface area contributed by atoms with Gasteiger partial charge in [0.15, 0.2) is 11.5 Å². The maximum Gasteiger partial charge on any atom is 0.253 e. The normalized spacial score (nSPS) is 19.7. The number of ether oxygens (including phenoxy) is 2. The van der Waals surface area contributed by atoms with Crippen LogP contribution in [0.5, 0.6) is 11.5 Å². The Kier molecular flexibility index (Phi) is 3.38. The molecule has 1 N–H and O–H groups in total. The lowest BCUT2D eigenvalue weighted by Gasteiger charge is -2.15. The molecule has 3 aliphatic rings. The van der Waals surface area contributed by atoms with Gasteiger partial charge in [-0.1, -0.05) is 12.1 Å². The molecule has 8 nitrogen and oxygen atoms in total. The number of nitrogens with one attached hydrogen (secondary N) is 1. The van der Waals surface area contributed by atoms with Gasteiger partial charge in [0, 0.05) is 17.8 Å². The molecule has 1 atom stereocenters. The highest BCUT2D eigenvalue weighted by Crippen LogP contribution is 2.42. The summed E-state index contributed by atoms with van der Waals surface area (Å²) in [7, 11) is 0. The third-order valence-corrected chi connectivity index (χ3v) is 5.57. The minimum absolute atomic E-state index is 0.0455. The lowest BCUT2D eigenvalue weighted by molar-refractivity contribution is -0.124. The molecular formula is C21H18N4O4. The first-order valence-electron chi connectivity index (χ1n) is 9.68. The van der Waals surface area contributed by atoms with Gasteiger partial charge in [0.1, 0.15) is 6.04 Å². The Balaban J connectivity index is 1.30. The molecule has 2 aliphatic heterocycles. The smallest absolute Gasteiger partial charge is 0.253 e. The van der Waals surface area contributed by atoms with E-state index in [2.05, 4.69) is 10.3 Å². The van der Waals surface area contributed by atoms with Crippen LogP contribution in [0, 0.1) is 0 Å². The van der Waals surface area contributed by atoms with E-state index in [0.29, 0.717) is 23.1 Å². The molecule has 1 aliphatic carbocycles. The Hall–Kier alpha value is -3.55. The van der Waals surface area contributed by atoms with Gasteiger partial charge in [0.2, 0.25) is 18.6 Å². The number of rotatable bonds is 4. The summed E-state index contributed by atoms with van der Waals surface area (Å²) in [6.45, 7) is 0.177. The van der Waals surface area contributed by atoms with E-state index in [1.807, 2.05) is 28.8 Å². The Morgan fingerprint density at radius 3 is 2.83 bits per heavy atom. The molecule has 0 unspecified atom stereocenters. The Labute approximate surface area is 166 Å². The van der Waals surface area contributed by atoms with Crippen LogP contribution in [-0.2, 0) is 9.59 Å². The predicted molar refractivity (Wildman–Crippen MR) is 105 cm³/mol. The quantitative estimate of drug-likeness (QED) is 0.740. The summed E-state index contributed by atoms with van der Waals surface area (Å²) in [4.78, 5) is 32.4. The van der Waals surface area contributed by atoms with Gasteiger partial charge in [-0.05, 0) is 37.1 Å². The molecule has 0 saturated heterocycles. The summed E-state index contributed by atoms with van der Waals surface area (Å²) in [5.41, 5.74) is 2.32. The van der Waals surface area contributed by atoms with Crippen molar-refractivity contribution < 1.29 is 19.1 Å². The number of aromatic nitrogens is 2. The molecule has 1 aromatic heterocycles. The predicted octanol–water partition coefficient (Wildman–Crippen LogP) is 2.84. The van der Waals surface area contributed by atoms with Crippen LogP contribution in [0.3, 0.4) is 0 Å². The number of carbonyl (C=O) groups is 2. The summed E-state index contributed by atoms with van der Waals surface area (Å²) < 4.78 is 12.6. The van der Waals surface area contributed by atoms with E-state index in [-0.39, 0.29) is 31.1 Å². The third-order valence-electron chi connectivity index (χ3n) is 5.57. The van der Waals surface area contributed by atoms with Crippen molar-refractivity contribution in [2.24, 2.45) is 0 Å². The molecule has 0 radical (unpaired) electrons. The van der Waals surface area contributed by atoms with Gasteiger partial charge < -0.3 is 14.8 Å². The maximum atomic E-state index is 13.1. The third kappa shape index (κ3) is 2.55. The summed E-state index contributed by atoms with van der Waals surface area (Å²) in [5, 5.41) is 2.87. The van der Waals surface area contributed by atoms with E-state index in [0.717, 1.165) is 23.9 Å². The first kappa shape index (κ1) is 16.4. The van der Waals surface area contributed by atoms with Crippen molar-refractivity contribution in [3.8, 4) is 11.5 Å². The highest BCUT2D eigenvalue weighted by Gasteiger charge is 2.47. The molecule has 3 aromatic rings. The second kappa shape index (κ2) is 5.97. The second-order valence-corrected chi connectivity index (χ2v) is 7.55. The van der Waals surface area contributed by atoms with Gasteiger partial charge in [-0.15, -0.1) is 0 Å². The zero-order valence-corrected chi connectivity index (χ0v) is 15.5. The van der Waals surface area contributed by atoms with Gasteiger partial charge in [-0.2, -0.15) is 0 Å². The van der Waals surface area contributed by atoms with Crippen LogP contribution < -0.4 is 19.7 Å². The van der Waals surface area contributed by atoms with E-state index in [1.54, 1.807) is 23.1 Å². The molecule has 29 heavy (non-hydrogen) atoms. The molecule has 6 rings (SSSR count). The molecule has 146 valence electrons. The van der Waals surface area contributed by atoms with Crippen molar-refractivity contribution in [2.45, 2.75) is 31.3 Å². The Morgan fingerprint density at radius 1 is 1.14 bits per heavy atom. The Morgan fingerprint density at radius 2 is 1.97 bits per heavy atom. The number of para-hydroxylation sites is 2. The number of imidazole rings is 1. The fraction of sp³-hybridized carbons (Fsp3) is 0.286. The lowest BCUT2D eigenvalue weighted by Crippen LogP contribution is -2.33. The van der Waals surface area contributed by atoms with Gasteiger partial charge >= 0.3 is 0 Å². The molecule has 0 bridgehead atoms. The average Bonchev–Trinajstić information content (AvgIpc) is 3.22. The lowest BCUT2D eigenvalue weighted by atomic mass is 10.1. The molecular weight excluding hydrogens is 372 g/mol. The Bertz CT molecular complexity index is 1170. The SMILES string of the molecule is O=C(C[C@H]1C(=O)N(C2CC2)c2nc3ccccc3n21)Nc1ccc2c(c1)OCO2. The zero-order valence-electron chi connectivity index (χ0n) is 15.5. The molecule has 8 heteroatoms. The highest BCUT2D eigenvalue weighted by atomic mass is 16.7. The number of carbonyl (C=O) groups excluding carboxylic acids is 2. The number of hydrogen-bond donors (Lipinski definition) is 1. The van der Waals surface area contributed by atoms with Gasteiger partial charge in [0.05, 0.1) is 17.5 Å². The minimum atomic E-state index is -0.591. The number of nitrogens with zero attached hydrogens (tertiary/aromatic N) is 3. The number of anilines is 2. The van der Waals surface area contributed by atoms with E-state index in [4.69, 9.17) is 9.47 Å². The van der Waals surface area contributed by atoms with Crippen LogP contribution in [0.25, 0.3) is 11.0 Å². The molecule has 2 aromatic carbocycles. The first-order valence-corrected chi connectivity index (χ1v) is 9.68. The number of fused-ring (bicyclic) bond motifs is 4. The number of benzene rings is 2. The number of hydrogen-bond acceptors (Lipinski definition) is 5. The summed E-state index contributed by atoms with van der Waals surface area (Å²) >= 11 is 0. The average molecular weight is 390 g/mol. The molecule has 0 spiro atoms. The zero-order chi connectivity index (χ0) is 19.5. The largest absolute Gasteiger partial charge is 0.454 e. The van der Waals surface area contributed by atoms with Crippen LogP contribution in [0.2, 0.25) is 0 Å². The van der Waals surface area contributed by atoms with E-state index in [9.17, 15) is 9.59 Å². The van der Waals surface area contributed by atoms with Gasteiger partial charge in [-0.25, -0.2) is 4.98 Å². The van der Waals surface area contributed by atoms with Crippen molar-refractivity contribution in [1.29, 1.82) is 0 Å². The van der Waals surface area contributed by atoms with E-state index < -0.39 is 6.04 Å². The fourth-order valence-electron chi connectivity index (χ4n) is 4.10. The second-order valence-electron chi connectivity index (χ2n) is 7.55. The monoisotopic (exact) mass is 390 g/mol. The summed E-state index contributed by atoms with van der Waals surface area (Å²) in [6.07, 6.45) is 2.00. The molecule has 3 heterocycles. The molecule has 1 saturated carbocycles. The van der Waals surface area contributed by atoms with Crippen molar-refractivity contribution in [1.82, 2.24) is 9.55 Å². The standard InChI is InChI=1S/C21H18N4O4/c26-19(22-12-5-8-17-18(9-12)29-11-28-17)10-16-20(27)24(13-6-7-13)21-23-14-3-1-2-4-15(14)25(16)21/h1-5,8-9,13,16H,6-7,10-11H2,(H,22,26)/t16-/m0/s1. The van der Waals surface area contributed by atoms with Crippen molar-refractivity contribution >= 4 is 34.5 Å². The van der Waals surface area contributed by atoms with Crippen LogP contribution in [0.4, 0.5) is 11.6 Å². The number of amides is 2. The van der Waals surface area contributed by atoms with Crippen LogP contribution in [0.15, 0.2) is 42.5 Å². The van der Waals surface area contributed by atoms with Gasteiger partial charge in [0.25, 0.3) is 5.91 Å². The summed E-state index contributed by atoms with van der Waals surface area (Å²) in [5.74, 6) is 1.62. The molecule has 1 fully saturated rings. The van der Waals surface area contributed by atoms with Crippen LogP contribution in [-0.4, -0.2) is 34.2 Å². The maximum absolute atomic E-state index is 13.1. The molecule has 2 amide bonds. The van der Waals surface area contributed by atoms with E-state index >= 15 is 0 Å². The summed E-state index contributed by atoms with van der Waals surface area (Å²) in [6, 6.07) is 12.6. The van der Waals surface area contributed by atoms with Gasteiger partial charge in [-0.3, -0.25) is 19.1 Å².